The van der Waals surface area contributed by atoms with E-state index in [2.05, 4.69) is 31.2 Å². The lowest BCUT2D eigenvalue weighted by atomic mass is 10.1. The minimum Gasteiger partial charge on any atom is -0.497 e. The van der Waals surface area contributed by atoms with Crippen LogP contribution in [0.2, 0.25) is 0 Å². The molecule has 0 fully saturated rings. The van der Waals surface area contributed by atoms with Gasteiger partial charge in [0, 0.05) is 34.5 Å². The van der Waals surface area contributed by atoms with Crippen molar-refractivity contribution in [1.82, 2.24) is 9.97 Å². The fraction of sp³-hybridized carbons (Fsp3) is 0.0625. The number of anilines is 1. The number of nitrogens with one attached hydrogen (secondary N) is 1. The molecule has 1 aromatic carbocycles. The Labute approximate surface area is 135 Å². The molecule has 3 rings (SSSR count). The quantitative estimate of drug-likeness (QED) is 0.776. The summed E-state index contributed by atoms with van der Waals surface area (Å²) < 4.78 is 6.01. The number of nitrogens with zero attached hydrogens (tertiary/aromatic N) is 2. The smallest absolute Gasteiger partial charge is 0.257 e. The Kier molecular flexibility index (Phi) is 4.02. The lowest BCUT2D eigenvalue weighted by Crippen LogP contribution is -2.13. The molecule has 5 nitrogen and oxygen atoms in total. The second kappa shape index (κ2) is 6.11. The standard InChI is InChI=1S/C16H12BrN3O2/c1-22-13-6-10-3-2-4-19-15(10)14(7-13)20-16(21)11-5-12(17)9-18-8-11/h2-9H,1H3,(H,20,21). The number of pyridine rings is 2. The Morgan fingerprint density at radius 3 is 2.91 bits per heavy atom. The van der Waals surface area contributed by atoms with Crippen LogP contribution in [0.25, 0.3) is 10.9 Å². The molecule has 0 radical (unpaired) electrons. The molecule has 1 amide bonds. The summed E-state index contributed by atoms with van der Waals surface area (Å²) in [6.45, 7) is 0. The van der Waals surface area contributed by atoms with Gasteiger partial charge in [0.15, 0.2) is 0 Å². The van der Waals surface area contributed by atoms with Crippen LogP contribution in [0.3, 0.4) is 0 Å². The first-order valence-corrected chi connectivity index (χ1v) is 7.31. The molecule has 1 N–H and O–H groups in total. The highest BCUT2D eigenvalue weighted by atomic mass is 79.9. The SMILES string of the molecule is COc1cc(NC(=O)c2cncc(Br)c2)c2ncccc2c1. The van der Waals surface area contributed by atoms with Crippen molar-refractivity contribution in [2.75, 3.05) is 12.4 Å². The topological polar surface area (TPSA) is 64.1 Å². The third kappa shape index (κ3) is 2.92. The summed E-state index contributed by atoms with van der Waals surface area (Å²) in [5.41, 5.74) is 1.76. The maximum absolute atomic E-state index is 12.4. The third-order valence-electron chi connectivity index (χ3n) is 3.13. The number of ether oxygens (including phenoxy) is 1. The molecule has 0 aliphatic rings. The summed E-state index contributed by atoms with van der Waals surface area (Å²) >= 11 is 3.30. The van der Waals surface area contributed by atoms with Crippen LogP contribution in [0.1, 0.15) is 10.4 Å². The van der Waals surface area contributed by atoms with Gasteiger partial charge in [-0.3, -0.25) is 14.8 Å². The zero-order valence-electron chi connectivity index (χ0n) is 11.7. The second-order valence-corrected chi connectivity index (χ2v) is 5.51. The number of hydrogen-bond acceptors (Lipinski definition) is 4. The summed E-state index contributed by atoms with van der Waals surface area (Å²) in [6.07, 6.45) is 4.82. The van der Waals surface area contributed by atoms with E-state index in [4.69, 9.17) is 4.74 Å². The molecule has 2 aromatic heterocycles. The van der Waals surface area contributed by atoms with Crippen molar-refractivity contribution in [3.05, 3.63) is 59.0 Å². The predicted octanol–water partition coefficient (Wildman–Crippen LogP) is 3.65. The Bertz CT molecular complexity index is 852. The first-order chi connectivity index (χ1) is 10.7. The van der Waals surface area contributed by atoms with Crippen LogP contribution < -0.4 is 10.1 Å². The number of hydrogen-bond donors (Lipinski definition) is 1. The van der Waals surface area contributed by atoms with Gasteiger partial charge in [-0.25, -0.2) is 0 Å². The summed E-state index contributed by atoms with van der Waals surface area (Å²) in [7, 11) is 1.58. The Hall–Kier alpha value is -2.47. The molecule has 0 spiro atoms. The highest BCUT2D eigenvalue weighted by molar-refractivity contribution is 9.10. The van der Waals surface area contributed by atoms with Gasteiger partial charge in [-0.05, 0) is 34.1 Å². The number of halogens is 1. The summed E-state index contributed by atoms with van der Waals surface area (Å²) in [6, 6.07) is 9.09. The zero-order valence-corrected chi connectivity index (χ0v) is 13.3. The van der Waals surface area contributed by atoms with Gasteiger partial charge in [0.25, 0.3) is 5.91 Å². The molecule has 2 heterocycles. The van der Waals surface area contributed by atoms with Crippen molar-refractivity contribution in [1.29, 1.82) is 0 Å². The van der Waals surface area contributed by atoms with Crippen LogP contribution in [-0.2, 0) is 0 Å². The minimum atomic E-state index is -0.256. The Morgan fingerprint density at radius 2 is 2.14 bits per heavy atom. The number of carbonyl (C=O) groups is 1. The van der Waals surface area contributed by atoms with E-state index in [0.29, 0.717) is 22.5 Å². The lowest BCUT2D eigenvalue weighted by Gasteiger charge is -2.10. The van der Waals surface area contributed by atoms with Crippen LogP contribution in [0.4, 0.5) is 5.69 Å². The van der Waals surface area contributed by atoms with Crippen LogP contribution in [0, 0.1) is 0 Å². The third-order valence-corrected chi connectivity index (χ3v) is 3.56. The number of fused-ring (bicyclic) bond motifs is 1. The average molecular weight is 358 g/mol. The Morgan fingerprint density at radius 1 is 1.27 bits per heavy atom. The van der Waals surface area contributed by atoms with E-state index in [0.717, 1.165) is 9.86 Å². The van der Waals surface area contributed by atoms with E-state index in [-0.39, 0.29) is 5.91 Å². The van der Waals surface area contributed by atoms with E-state index < -0.39 is 0 Å². The monoisotopic (exact) mass is 357 g/mol. The fourth-order valence-corrected chi connectivity index (χ4v) is 2.47. The van der Waals surface area contributed by atoms with E-state index in [1.807, 2.05) is 18.2 Å². The second-order valence-electron chi connectivity index (χ2n) is 4.60. The van der Waals surface area contributed by atoms with E-state index in [1.54, 1.807) is 31.6 Å². The van der Waals surface area contributed by atoms with Crippen LogP contribution in [-0.4, -0.2) is 23.0 Å². The van der Waals surface area contributed by atoms with Crippen LogP contribution in [0.5, 0.6) is 5.75 Å². The number of amides is 1. The first-order valence-electron chi connectivity index (χ1n) is 6.52. The molecule has 0 saturated heterocycles. The minimum absolute atomic E-state index is 0.256. The average Bonchev–Trinajstić information content (AvgIpc) is 2.54. The molecule has 0 aliphatic heterocycles. The predicted molar refractivity (Wildman–Crippen MR) is 88.2 cm³/mol. The largest absolute Gasteiger partial charge is 0.497 e. The maximum Gasteiger partial charge on any atom is 0.257 e. The van der Waals surface area contributed by atoms with Gasteiger partial charge < -0.3 is 10.1 Å². The van der Waals surface area contributed by atoms with Crippen LogP contribution in [0.15, 0.2) is 53.4 Å². The molecule has 110 valence electrons. The molecular formula is C16H12BrN3O2. The van der Waals surface area contributed by atoms with Gasteiger partial charge in [-0.1, -0.05) is 6.07 Å². The maximum atomic E-state index is 12.4. The molecule has 0 bridgehead atoms. The highest BCUT2D eigenvalue weighted by Gasteiger charge is 2.11. The van der Waals surface area contributed by atoms with Crippen molar-refractivity contribution in [2.45, 2.75) is 0 Å². The summed E-state index contributed by atoms with van der Waals surface area (Å²) in [4.78, 5) is 20.7. The highest BCUT2D eigenvalue weighted by Crippen LogP contribution is 2.28. The van der Waals surface area contributed by atoms with E-state index >= 15 is 0 Å². The molecule has 22 heavy (non-hydrogen) atoms. The summed E-state index contributed by atoms with van der Waals surface area (Å²) in [5.74, 6) is 0.400. The van der Waals surface area contributed by atoms with Gasteiger partial charge in [-0.2, -0.15) is 0 Å². The molecule has 0 aliphatic carbocycles. The lowest BCUT2D eigenvalue weighted by molar-refractivity contribution is 0.102. The molecule has 0 atom stereocenters. The molecule has 0 unspecified atom stereocenters. The molecule has 6 heteroatoms. The zero-order chi connectivity index (χ0) is 15.5. The van der Waals surface area contributed by atoms with Crippen LogP contribution >= 0.6 is 15.9 Å². The van der Waals surface area contributed by atoms with Gasteiger partial charge >= 0.3 is 0 Å². The number of methoxy groups -OCH3 is 1. The van der Waals surface area contributed by atoms with Crippen molar-refractivity contribution in [3.8, 4) is 5.75 Å². The van der Waals surface area contributed by atoms with Crippen molar-refractivity contribution >= 4 is 38.4 Å². The number of carbonyl (C=O) groups excluding carboxylic acids is 1. The fourth-order valence-electron chi connectivity index (χ4n) is 2.11. The van der Waals surface area contributed by atoms with E-state index in [9.17, 15) is 4.79 Å². The normalized spacial score (nSPS) is 10.5. The molecular weight excluding hydrogens is 346 g/mol. The molecule has 3 aromatic rings. The Balaban J connectivity index is 2.01. The van der Waals surface area contributed by atoms with Crippen molar-refractivity contribution in [2.24, 2.45) is 0 Å². The molecule has 0 saturated carbocycles. The van der Waals surface area contributed by atoms with Gasteiger partial charge in [-0.15, -0.1) is 0 Å². The summed E-state index contributed by atoms with van der Waals surface area (Å²) in [5, 5.41) is 3.75. The number of rotatable bonds is 3. The number of benzene rings is 1. The van der Waals surface area contributed by atoms with E-state index in [1.165, 1.54) is 6.20 Å². The van der Waals surface area contributed by atoms with Gasteiger partial charge in [0.1, 0.15) is 5.75 Å². The van der Waals surface area contributed by atoms with Crippen molar-refractivity contribution < 1.29 is 9.53 Å². The first kappa shape index (κ1) is 14.5. The van der Waals surface area contributed by atoms with Gasteiger partial charge in [0.2, 0.25) is 0 Å². The van der Waals surface area contributed by atoms with Gasteiger partial charge in [0.05, 0.1) is 23.9 Å². The van der Waals surface area contributed by atoms with Crippen molar-refractivity contribution in [3.63, 3.8) is 0 Å². The number of aromatic nitrogens is 2.